The molecule has 0 saturated carbocycles. The van der Waals surface area contributed by atoms with E-state index in [-0.39, 0.29) is 47.5 Å². The zero-order valence-electron chi connectivity index (χ0n) is 27.1. The van der Waals surface area contributed by atoms with Crippen LogP contribution in [-0.2, 0) is 20.9 Å². The summed E-state index contributed by atoms with van der Waals surface area (Å²) in [5.41, 5.74) is 5.85. The van der Waals surface area contributed by atoms with E-state index < -0.39 is 0 Å². The Kier molecular flexibility index (Phi) is 9.27. The van der Waals surface area contributed by atoms with Crippen LogP contribution in [0.25, 0.3) is 6.08 Å². The molecule has 4 aliphatic rings. The molecule has 7 nitrogen and oxygen atoms in total. The second-order valence-corrected chi connectivity index (χ2v) is 13.6. The van der Waals surface area contributed by atoms with Crippen molar-refractivity contribution in [3.05, 3.63) is 113 Å². The number of carbonyl (C=O) groups excluding carboxylic acids is 2. The Morgan fingerprint density at radius 1 is 0.915 bits per heavy atom. The number of fused-ring (bicyclic) bond motifs is 3. The third-order valence-electron chi connectivity index (χ3n) is 10.5. The fraction of sp³-hybridized carbons (Fsp3) is 0.400. The molecular formula is C40H44N2O5. The van der Waals surface area contributed by atoms with E-state index in [0.717, 1.165) is 62.2 Å². The Balaban J connectivity index is 1.07. The SMILES string of the molecule is C/C(=C\c1ccc(O)cc1)CC[C@H]1OC[C@H]2C1=C(COc1ccccc1)C[C@H]1C(=O)N(C3CCN(Cc4ccccc4)CC3)C(=O)[C@H]12. The predicted molar refractivity (Wildman–Crippen MR) is 181 cm³/mol. The van der Waals surface area contributed by atoms with Gasteiger partial charge in [-0.2, -0.15) is 0 Å². The lowest BCUT2D eigenvalue weighted by Gasteiger charge is -2.36. The lowest BCUT2D eigenvalue weighted by Crippen LogP contribution is -2.47. The average Bonchev–Trinajstić information content (AvgIpc) is 3.63. The summed E-state index contributed by atoms with van der Waals surface area (Å²) >= 11 is 0. The van der Waals surface area contributed by atoms with E-state index in [2.05, 4.69) is 42.2 Å². The summed E-state index contributed by atoms with van der Waals surface area (Å²) in [6.07, 6.45) is 5.82. The predicted octanol–water partition coefficient (Wildman–Crippen LogP) is 6.64. The van der Waals surface area contributed by atoms with Crippen LogP contribution in [0.5, 0.6) is 11.5 Å². The molecule has 1 aliphatic carbocycles. The highest BCUT2D eigenvalue weighted by molar-refractivity contribution is 6.06. The van der Waals surface area contributed by atoms with E-state index in [4.69, 9.17) is 9.47 Å². The van der Waals surface area contributed by atoms with Crippen LogP contribution in [0.15, 0.2) is 102 Å². The van der Waals surface area contributed by atoms with Crippen LogP contribution >= 0.6 is 0 Å². The molecule has 4 atom stereocenters. The Bertz CT molecular complexity index is 1630. The fourth-order valence-corrected chi connectivity index (χ4v) is 8.14. The normalized spacial score (nSPS) is 25.3. The highest BCUT2D eigenvalue weighted by Crippen LogP contribution is 2.50. The summed E-state index contributed by atoms with van der Waals surface area (Å²) in [4.78, 5) is 32.4. The summed E-state index contributed by atoms with van der Waals surface area (Å²) in [5, 5.41) is 9.64. The molecule has 0 aromatic heterocycles. The lowest BCUT2D eigenvalue weighted by molar-refractivity contribution is -0.144. The maximum Gasteiger partial charge on any atom is 0.234 e. The number of likely N-dealkylation sites (tertiary alicyclic amines) is 2. The maximum atomic E-state index is 14.2. The Labute approximate surface area is 277 Å². The Hall–Kier alpha value is -4.20. The number of benzene rings is 3. The number of phenols is 1. The maximum absolute atomic E-state index is 14.2. The quantitative estimate of drug-likeness (QED) is 0.200. The summed E-state index contributed by atoms with van der Waals surface area (Å²) in [6.45, 7) is 5.60. The number of imide groups is 1. The first kappa shape index (κ1) is 31.4. The highest BCUT2D eigenvalue weighted by atomic mass is 16.5. The molecule has 0 bridgehead atoms. The van der Waals surface area contributed by atoms with Crippen molar-refractivity contribution in [2.45, 2.75) is 57.7 Å². The van der Waals surface area contributed by atoms with E-state index in [0.29, 0.717) is 19.6 Å². The highest BCUT2D eigenvalue weighted by Gasteiger charge is 2.58. The third kappa shape index (κ3) is 6.78. The van der Waals surface area contributed by atoms with Gasteiger partial charge >= 0.3 is 0 Å². The topological polar surface area (TPSA) is 79.3 Å². The minimum absolute atomic E-state index is 0.000284. The van der Waals surface area contributed by atoms with Gasteiger partial charge in [-0.15, -0.1) is 0 Å². The number of hydrogen-bond acceptors (Lipinski definition) is 6. The lowest BCUT2D eigenvalue weighted by atomic mass is 9.69. The van der Waals surface area contributed by atoms with Gasteiger partial charge in [-0.25, -0.2) is 0 Å². The molecule has 7 rings (SSSR count). The number of carbonyl (C=O) groups is 2. The second-order valence-electron chi connectivity index (χ2n) is 13.6. The standard InChI is InChI=1S/C40H44N2O5/c1-27(22-28-13-15-32(43)16-14-28)12-17-36-37-30(25-46-33-10-6-3-7-11-33)23-34-38(35(37)26-47-36)40(45)42(39(34)44)31-18-20-41(21-19-31)24-29-8-4-2-5-9-29/h2-11,13-16,22,31,34-36,38,43H,12,17-21,23-26H2,1H3/b27-22+/t34-,35+,36-,38-/m1/s1. The van der Waals surface area contributed by atoms with Gasteiger partial charge in [0.1, 0.15) is 18.1 Å². The van der Waals surface area contributed by atoms with Crippen LogP contribution in [0, 0.1) is 17.8 Å². The van der Waals surface area contributed by atoms with Crippen LogP contribution in [0.3, 0.4) is 0 Å². The van der Waals surface area contributed by atoms with Crippen molar-refractivity contribution in [2.24, 2.45) is 17.8 Å². The number of para-hydroxylation sites is 1. The van der Waals surface area contributed by atoms with Crippen LogP contribution in [-0.4, -0.2) is 65.2 Å². The van der Waals surface area contributed by atoms with Gasteiger partial charge in [0.2, 0.25) is 11.8 Å². The molecule has 0 spiro atoms. The molecule has 0 radical (unpaired) electrons. The number of piperidine rings is 1. The van der Waals surface area contributed by atoms with Crippen LogP contribution in [0.2, 0.25) is 0 Å². The number of amides is 2. The summed E-state index contributed by atoms with van der Waals surface area (Å²) < 4.78 is 12.7. The Morgan fingerprint density at radius 3 is 2.34 bits per heavy atom. The summed E-state index contributed by atoms with van der Waals surface area (Å²) in [7, 11) is 0. The van der Waals surface area contributed by atoms with Gasteiger partial charge in [-0.1, -0.05) is 72.3 Å². The average molecular weight is 633 g/mol. The van der Waals surface area contributed by atoms with Crippen LogP contribution in [0.1, 0.15) is 50.2 Å². The molecule has 2 amide bonds. The van der Waals surface area contributed by atoms with Crippen molar-refractivity contribution in [2.75, 3.05) is 26.3 Å². The first-order valence-corrected chi connectivity index (χ1v) is 17.1. The van der Waals surface area contributed by atoms with Gasteiger partial charge in [0, 0.05) is 31.6 Å². The van der Waals surface area contributed by atoms with E-state index in [1.165, 1.54) is 16.7 Å². The minimum atomic E-state index is -0.362. The molecule has 47 heavy (non-hydrogen) atoms. The van der Waals surface area contributed by atoms with E-state index in [1.807, 2.05) is 48.5 Å². The number of aromatic hydroxyl groups is 1. The number of rotatable bonds is 10. The van der Waals surface area contributed by atoms with E-state index in [9.17, 15) is 14.7 Å². The molecule has 3 aromatic carbocycles. The van der Waals surface area contributed by atoms with Gasteiger partial charge in [-0.3, -0.25) is 19.4 Å². The number of ether oxygens (including phenoxy) is 2. The third-order valence-corrected chi connectivity index (χ3v) is 10.5. The Morgan fingerprint density at radius 2 is 1.62 bits per heavy atom. The summed E-state index contributed by atoms with van der Waals surface area (Å²) in [5.74, 6) is 0.221. The molecule has 1 N–H and O–H groups in total. The van der Waals surface area contributed by atoms with Crippen molar-refractivity contribution in [3.63, 3.8) is 0 Å². The molecular weight excluding hydrogens is 588 g/mol. The molecule has 244 valence electrons. The van der Waals surface area contributed by atoms with Gasteiger partial charge in [-0.05, 0) is 85.6 Å². The number of hydrogen-bond donors (Lipinski definition) is 1. The number of allylic oxidation sites excluding steroid dienone is 1. The van der Waals surface area contributed by atoms with Gasteiger partial charge in [0.05, 0.1) is 24.5 Å². The monoisotopic (exact) mass is 632 g/mol. The first-order valence-electron chi connectivity index (χ1n) is 17.1. The largest absolute Gasteiger partial charge is 0.508 e. The fourth-order valence-electron chi connectivity index (χ4n) is 8.14. The van der Waals surface area contributed by atoms with E-state index in [1.54, 1.807) is 17.0 Å². The molecule has 3 heterocycles. The van der Waals surface area contributed by atoms with Gasteiger partial charge in [0.25, 0.3) is 0 Å². The van der Waals surface area contributed by atoms with Gasteiger partial charge in [0.15, 0.2) is 0 Å². The molecule has 3 aromatic rings. The van der Waals surface area contributed by atoms with Crippen molar-refractivity contribution < 1.29 is 24.2 Å². The number of phenolic OH excluding ortho intramolecular Hbond substituents is 1. The van der Waals surface area contributed by atoms with Crippen LogP contribution < -0.4 is 4.74 Å². The minimum Gasteiger partial charge on any atom is -0.508 e. The molecule has 7 heteroatoms. The number of nitrogens with zero attached hydrogens (tertiary/aromatic N) is 2. The summed E-state index contributed by atoms with van der Waals surface area (Å²) in [6, 6.07) is 27.4. The molecule has 3 aliphatic heterocycles. The zero-order valence-corrected chi connectivity index (χ0v) is 27.1. The molecule has 3 saturated heterocycles. The van der Waals surface area contributed by atoms with E-state index >= 15 is 0 Å². The van der Waals surface area contributed by atoms with Crippen molar-refractivity contribution >= 4 is 17.9 Å². The molecule has 0 unspecified atom stereocenters. The zero-order chi connectivity index (χ0) is 32.3. The van der Waals surface area contributed by atoms with Gasteiger partial charge < -0.3 is 14.6 Å². The van der Waals surface area contributed by atoms with Crippen molar-refractivity contribution in [3.8, 4) is 11.5 Å². The first-order chi connectivity index (χ1) is 22.9. The second kappa shape index (κ2) is 13.9. The van der Waals surface area contributed by atoms with Crippen molar-refractivity contribution in [1.82, 2.24) is 9.80 Å². The molecule has 3 fully saturated rings. The van der Waals surface area contributed by atoms with Crippen molar-refractivity contribution in [1.29, 1.82) is 0 Å². The van der Waals surface area contributed by atoms with Crippen LogP contribution in [0.4, 0.5) is 0 Å². The smallest absolute Gasteiger partial charge is 0.234 e.